The molecule has 0 aromatic rings. The molecule has 2 atom stereocenters. The van der Waals surface area contributed by atoms with Crippen LogP contribution >= 0.6 is 0 Å². The molecule has 8 heteroatoms. The number of hydrogen-bond donors (Lipinski definition) is 3. The maximum atomic E-state index is 11.6. The van der Waals surface area contributed by atoms with Gasteiger partial charge in [-0.3, -0.25) is 14.9 Å². The van der Waals surface area contributed by atoms with E-state index in [-0.39, 0.29) is 24.7 Å². The first-order valence-corrected chi connectivity index (χ1v) is 7.27. The molecule has 4 N–H and O–H groups in total. The molecule has 128 valence electrons. The zero-order valence-corrected chi connectivity index (χ0v) is 13.3. The van der Waals surface area contributed by atoms with Crippen LogP contribution in [0.15, 0.2) is 0 Å². The molecule has 0 spiro atoms. The monoisotopic (exact) mass is 318 g/mol. The highest BCUT2D eigenvalue weighted by atomic mass is 16.7. The molecule has 22 heavy (non-hydrogen) atoms. The number of methoxy groups -OCH3 is 1. The number of nitrogens with two attached hydrogens (primary N) is 1. The standard InChI is InChI=1S/C14H26N2O6/c1-14(2)7-21-12(22-8-14)6-11(18)16-9(13(19)20-3)4-5-10(15)17/h9,11-12,16,18H,4-8H2,1-3H3,(H2,15,17)/t9-,11?/m0/s1. The summed E-state index contributed by atoms with van der Waals surface area (Å²) in [5.41, 5.74) is 5.02. The number of nitrogens with one attached hydrogen (secondary N) is 1. The van der Waals surface area contributed by atoms with Gasteiger partial charge in [-0.1, -0.05) is 13.8 Å². The van der Waals surface area contributed by atoms with E-state index in [0.29, 0.717) is 13.2 Å². The Hall–Kier alpha value is -1.22. The van der Waals surface area contributed by atoms with Crippen LogP contribution < -0.4 is 11.1 Å². The Kier molecular flexibility index (Phi) is 7.21. The molecule has 1 fully saturated rings. The Balaban J connectivity index is 2.43. The van der Waals surface area contributed by atoms with Gasteiger partial charge in [-0.2, -0.15) is 0 Å². The fourth-order valence-electron chi connectivity index (χ4n) is 2.04. The number of primary amides is 1. The molecule has 0 bridgehead atoms. The first-order valence-electron chi connectivity index (χ1n) is 7.27. The van der Waals surface area contributed by atoms with Crippen LogP contribution in [0.1, 0.15) is 33.1 Å². The average molecular weight is 318 g/mol. The Bertz CT molecular complexity index is 378. The molecule has 1 aliphatic rings. The SMILES string of the molecule is COC(=O)[C@H](CCC(N)=O)NC(O)CC1OCC(C)(C)CO1. The first-order chi connectivity index (χ1) is 10.2. The Morgan fingerprint density at radius 3 is 2.50 bits per heavy atom. The van der Waals surface area contributed by atoms with Crippen molar-refractivity contribution >= 4 is 11.9 Å². The van der Waals surface area contributed by atoms with E-state index in [9.17, 15) is 14.7 Å². The van der Waals surface area contributed by atoms with Gasteiger partial charge in [0, 0.05) is 18.3 Å². The van der Waals surface area contributed by atoms with Crippen molar-refractivity contribution in [2.24, 2.45) is 11.1 Å². The van der Waals surface area contributed by atoms with Crippen molar-refractivity contribution in [2.45, 2.75) is 51.7 Å². The fraction of sp³-hybridized carbons (Fsp3) is 0.857. The lowest BCUT2D eigenvalue weighted by atomic mass is 9.95. The fourth-order valence-corrected chi connectivity index (χ4v) is 2.04. The number of ether oxygens (including phenoxy) is 3. The summed E-state index contributed by atoms with van der Waals surface area (Å²) >= 11 is 0. The van der Waals surface area contributed by atoms with Crippen LogP contribution in [0.25, 0.3) is 0 Å². The van der Waals surface area contributed by atoms with E-state index < -0.39 is 30.4 Å². The number of carbonyl (C=O) groups excluding carboxylic acids is 2. The highest BCUT2D eigenvalue weighted by Gasteiger charge is 2.30. The second kappa shape index (κ2) is 8.42. The van der Waals surface area contributed by atoms with E-state index in [2.05, 4.69) is 10.1 Å². The minimum atomic E-state index is -1.02. The maximum Gasteiger partial charge on any atom is 0.322 e. The van der Waals surface area contributed by atoms with Crippen molar-refractivity contribution in [3.8, 4) is 0 Å². The van der Waals surface area contributed by atoms with Gasteiger partial charge in [-0.05, 0) is 6.42 Å². The van der Waals surface area contributed by atoms with Crippen LogP contribution in [0.2, 0.25) is 0 Å². The van der Waals surface area contributed by atoms with Crippen LogP contribution in [0.5, 0.6) is 0 Å². The maximum absolute atomic E-state index is 11.6. The zero-order chi connectivity index (χ0) is 16.8. The third-order valence-corrected chi connectivity index (χ3v) is 3.29. The molecule has 1 heterocycles. The van der Waals surface area contributed by atoms with Crippen molar-refractivity contribution in [1.29, 1.82) is 0 Å². The minimum Gasteiger partial charge on any atom is -0.468 e. The summed E-state index contributed by atoms with van der Waals surface area (Å²) in [6.07, 6.45) is -1.23. The average Bonchev–Trinajstić information content (AvgIpc) is 2.44. The summed E-state index contributed by atoms with van der Waals surface area (Å²) in [7, 11) is 1.24. The summed E-state index contributed by atoms with van der Waals surface area (Å²) in [6, 6.07) is -0.812. The number of amides is 1. The number of rotatable bonds is 8. The highest BCUT2D eigenvalue weighted by Crippen LogP contribution is 2.24. The van der Waals surface area contributed by atoms with Crippen molar-refractivity contribution in [1.82, 2.24) is 5.32 Å². The van der Waals surface area contributed by atoms with Gasteiger partial charge in [0.1, 0.15) is 12.3 Å². The number of aliphatic hydroxyl groups excluding tert-OH is 1. The van der Waals surface area contributed by atoms with E-state index in [1.54, 1.807) is 0 Å². The van der Waals surface area contributed by atoms with Gasteiger partial charge in [0.25, 0.3) is 0 Å². The zero-order valence-electron chi connectivity index (χ0n) is 13.3. The van der Waals surface area contributed by atoms with Gasteiger partial charge < -0.3 is 25.1 Å². The molecule has 0 aliphatic carbocycles. The van der Waals surface area contributed by atoms with Crippen LogP contribution in [-0.4, -0.2) is 55.9 Å². The third-order valence-electron chi connectivity index (χ3n) is 3.29. The van der Waals surface area contributed by atoms with Gasteiger partial charge in [0.05, 0.1) is 20.3 Å². The van der Waals surface area contributed by atoms with Crippen molar-refractivity contribution in [3.05, 3.63) is 0 Å². The molecule has 0 saturated carbocycles. The molecule has 0 aromatic carbocycles. The van der Waals surface area contributed by atoms with E-state index in [1.807, 2.05) is 13.8 Å². The van der Waals surface area contributed by atoms with E-state index >= 15 is 0 Å². The van der Waals surface area contributed by atoms with E-state index in [1.165, 1.54) is 7.11 Å². The van der Waals surface area contributed by atoms with Crippen LogP contribution in [-0.2, 0) is 23.8 Å². The summed E-state index contributed by atoms with van der Waals surface area (Å²) < 4.78 is 15.7. The molecule has 0 aromatic heterocycles. The number of aliphatic hydroxyl groups is 1. The van der Waals surface area contributed by atoms with Gasteiger partial charge in [0.15, 0.2) is 6.29 Å². The second-order valence-corrected chi connectivity index (χ2v) is 6.21. The summed E-state index contributed by atoms with van der Waals surface area (Å²) in [5.74, 6) is -1.08. The van der Waals surface area contributed by atoms with Gasteiger partial charge >= 0.3 is 5.97 Å². The molecule has 0 radical (unpaired) electrons. The summed E-state index contributed by atoms with van der Waals surface area (Å²) in [6.45, 7) is 5.11. The summed E-state index contributed by atoms with van der Waals surface area (Å²) in [4.78, 5) is 22.4. The number of esters is 1. The van der Waals surface area contributed by atoms with Crippen molar-refractivity contribution in [2.75, 3.05) is 20.3 Å². The topological polar surface area (TPSA) is 120 Å². The predicted molar refractivity (Wildman–Crippen MR) is 77.5 cm³/mol. The molecule has 1 saturated heterocycles. The molecular formula is C14H26N2O6. The second-order valence-electron chi connectivity index (χ2n) is 6.21. The predicted octanol–water partition coefficient (Wildman–Crippen LogP) is -0.509. The van der Waals surface area contributed by atoms with Crippen LogP contribution in [0.3, 0.4) is 0 Å². The molecule has 1 amide bonds. The Labute approximate surface area is 130 Å². The molecular weight excluding hydrogens is 292 g/mol. The third kappa shape index (κ3) is 6.69. The molecule has 1 unspecified atom stereocenters. The number of carbonyl (C=O) groups is 2. The smallest absolute Gasteiger partial charge is 0.322 e. The van der Waals surface area contributed by atoms with Crippen LogP contribution in [0.4, 0.5) is 0 Å². The summed E-state index contributed by atoms with van der Waals surface area (Å²) in [5, 5.41) is 12.7. The van der Waals surface area contributed by atoms with Gasteiger partial charge in [0.2, 0.25) is 5.91 Å². The lowest BCUT2D eigenvalue weighted by Gasteiger charge is -2.35. The molecule has 1 aliphatic heterocycles. The normalized spacial score (nSPS) is 21.1. The number of hydrogen-bond acceptors (Lipinski definition) is 7. The first kappa shape index (κ1) is 18.8. The van der Waals surface area contributed by atoms with Gasteiger partial charge in [-0.25, -0.2) is 0 Å². The lowest BCUT2D eigenvalue weighted by Crippen LogP contribution is -2.47. The van der Waals surface area contributed by atoms with E-state index in [4.69, 9.17) is 15.2 Å². The Morgan fingerprint density at radius 2 is 2.00 bits per heavy atom. The molecule has 8 nitrogen and oxygen atoms in total. The quantitative estimate of drug-likeness (QED) is 0.407. The highest BCUT2D eigenvalue weighted by molar-refractivity contribution is 5.78. The van der Waals surface area contributed by atoms with Gasteiger partial charge in [-0.15, -0.1) is 0 Å². The van der Waals surface area contributed by atoms with Crippen molar-refractivity contribution in [3.63, 3.8) is 0 Å². The van der Waals surface area contributed by atoms with Crippen molar-refractivity contribution < 1.29 is 28.9 Å². The minimum absolute atomic E-state index is 0.0180. The lowest BCUT2D eigenvalue weighted by molar-refractivity contribution is -0.232. The Morgan fingerprint density at radius 1 is 1.41 bits per heavy atom. The van der Waals surface area contributed by atoms with Crippen LogP contribution in [0, 0.1) is 5.41 Å². The van der Waals surface area contributed by atoms with E-state index in [0.717, 1.165) is 0 Å². The molecule has 1 rings (SSSR count). The largest absolute Gasteiger partial charge is 0.468 e.